The van der Waals surface area contributed by atoms with Gasteiger partial charge in [-0.25, -0.2) is 4.98 Å². The number of hydrogen-bond donors (Lipinski definition) is 1. The lowest BCUT2D eigenvalue weighted by Gasteiger charge is -2.16. The molecule has 0 aliphatic carbocycles. The number of likely N-dealkylation sites (tertiary alicyclic amines) is 1. The highest BCUT2D eigenvalue weighted by molar-refractivity contribution is 7.13. The maximum atomic E-state index is 13.0. The van der Waals surface area contributed by atoms with Gasteiger partial charge in [-0.15, -0.1) is 11.3 Å². The summed E-state index contributed by atoms with van der Waals surface area (Å²) in [6.45, 7) is 1.21. The third kappa shape index (κ3) is 3.79. The van der Waals surface area contributed by atoms with Gasteiger partial charge in [0.2, 0.25) is 0 Å². The van der Waals surface area contributed by atoms with Gasteiger partial charge in [-0.1, -0.05) is 18.2 Å². The molecule has 0 radical (unpaired) electrons. The van der Waals surface area contributed by atoms with Crippen LogP contribution in [0.25, 0.3) is 10.9 Å². The molecule has 0 spiro atoms. The van der Waals surface area contributed by atoms with Crippen molar-refractivity contribution in [2.45, 2.75) is 12.3 Å². The summed E-state index contributed by atoms with van der Waals surface area (Å²) >= 11 is 1.37. The van der Waals surface area contributed by atoms with Crippen LogP contribution in [0, 0.1) is 0 Å². The van der Waals surface area contributed by atoms with Crippen LogP contribution in [-0.2, 0) is 7.05 Å². The summed E-state index contributed by atoms with van der Waals surface area (Å²) in [4.78, 5) is 36.6. The molecule has 8 nitrogen and oxygen atoms in total. The Morgan fingerprint density at radius 2 is 2.13 bits per heavy atom. The first-order chi connectivity index (χ1) is 15.1. The van der Waals surface area contributed by atoms with Gasteiger partial charge in [-0.2, -0.15) is 5.10 Å². The number of anilines is 1. The second-order valence-electron chi connectivity index (χ2n) is 7.54. The molecule has 1 atom stereocenters. The van der Waals surface area contributed by atoms with Crippen LogP contribution in [0.4, 0.5) is 5.13 Å². The van der Waals surface area contributed by atoms with E-state index in [2.05, 4.69) is 15.4 Å². The number of nitrogens with zero attached hydrogens (tertiary/aromatic N) is 5. The van der Waals surface area contributed by atoms with Crippen molar-refractivity contribution < 1.29 is 9.59 Å². The van der Waals surface area contributed by atoms with Gasteiger partial charge < -0.3 is 4.90 Å². The number of para-hydroxylation sites is 1. The van der Waals surface area contributed by atoms with Crippen LogP contribution in [0.3, 0.4) is 0 Å². The number of carbonyl (C=O) groups excluding carboxylic acids is 2. The van der Waals surface area contributed by atoms with Crippen LogP contribution in [0.1, 0.15) is 38.7 Å². The van der Waals surface area contributed by atoms with Gasteiger partial charge >= 0.3 is 0 Å². The van der Waals surface area contributed by atoms with Gasteiger partial charge in [0.1, 0.15) is 0 Å². The Morgan fingerprint density at radius 1 is 1.26 bits per heavy atom. The lowest BCUT2D eigenvalue weighted by Crippen LogP contribution is -2.28. The highest BCUT2D eigenvalue weighted by Crippen LogP contribution is 2.30. The van der Waals surface area contributed by atoms with E-state index in [0.717, 1.165) is 23.0 Å². The van der Waals surface area contributed by atoms with E-state index in [-0.39, 0.29) is 17.7 Å². The average molecular weight is 433 g/mol. The van der Waals surface area contributed by atoms with Gasteiger partial charge in [-0.3, -0.25) is 24.6 Å². The zero-order valence-corrected chi connectivity index (χ0v) is 17.7. The van der Waals surface area contributed by atoms with Crippen molar-refractivity contribution in [2.24, 2.45) is 7.05 Å². The molecule has 3 aromatic heterocycles. The monoisotopic (exact) mass is 432 g/mol. The number of thiazole rings is 1. The minimum Gasteiger partial charge on any atom is -0.338 e. The second kappa shape index (κ2) is 7.92. The van der Waals surface area contributed by atoms with E-state index in [1.54, 1.807) is 30.3 Å². The predicted molar refractivity (Wildman–Crippen MR) is 118 cm³/mol. The quantitative estimate of drug-likeness (QED) is 0.534. The molecule has 5 rings (SSSR count). The van der Waals surface area contributed by atoms with Crippen molar-refractivity contribution in [1.82, 2.24) is 24.6 Å². The van der Waals surface area contributed by atoms with Gasteiger partial charge in [0.25, 0.3) is 11.8 Å². The number of aryl methyl sites for hydroxylation is 1. The first kappa shape index (κ1) is 19.4. The van der Waals surface area contributed by atoms with Crippen LogP contribution < -0.4 is 5.32 Å². The van der Waals surface area contributed by atoms with Gasteiger partial charge in [0.05, 0.1) is 22.8 Å². The fourth-order valence-electron chi connectivity index (χ4n) is 3.94. The topological polar surface area (TPSA) is 93.0 Å². The standard InChI is InChI=1S/C22H20N6O2S/c1-27-12-15(11-24-27)21(30)28-8-6-14(13-28)19-10-17(16-4-2-3-5-18(16)25-19)20(29)26-22-23-7-9-31-22/h2-5,7,9-12,14H,6,8,13H2,1H3,(H,23,26,29)/t14-/m0/s1. The Hall–Kier alpha value is -3.59. The molecule has 1 fully saturated rings. The van der Waals surface area contributed by atoms with E-state index in [9.17, 15) is 9.59 Å². The lowest BCUT2D eigenvalue weighted by molar-refractivity contribution is 0.0790. The highest BCUT2D eigenvalue weighted by Gasteiger charge is 2.30. The first-order valence-corrected chi connectivity index (χ1v) is 10.8. The molecule has 1 aliphatic rings. The Labute approximate surface area is 182 Å². The molecule has 0 unspecified atom stereocenters. The number of amides is 2. The predicted octanol–water partition coefficient (Wildman–Crippen LogP) is 3.31. The van der Waals surface area contributed by atoms with E-state index in [4.69, 9.17) is 4.98 Å². The molecule has 4 heterocycles. The summed E-state index contributed by atoms with van der Waals surface area (Å²) in [7, 11) is 1.79. The van der Waals surface area contributed by atoms with Crippen LogP contribution in [0.15, 0.2) is 54.3 Å². The molecule has 1 saturated heterocycles. The average Bonchev–Trinajstić information content (AvgIpc) is 3.54. The molecule has 1 N–H and O–H groups in total. The second-order valence-corrected chi connectivity index (χ2v) is 8.44. The lowest BCUT2D eigenvalue weighted by atomic mass is 9.99. The normalized spacial score (nSPS) is 16.0. The fraction of sp³-hybridized carbons (Fsp3) is 0.227. The summed E-state index contributed by atoms with van der Waals surface area (Å²) in [6.07, 6.45) is 5.77. The van der Waals surface area contributed by atoms with E-state index in [1.165, 1.54) is 11.3 Å². The van der Waals surface area contributed by atoms with Crippen LogP contribution in [0.2, 0.25) is 0 Å². The summed E-state index contributed by atoms with van der Waals surface area (Å²) < 4.78 is 1.62. The van der Waals surface area contributed by atoms with Gasteiger partial charge in [-0.05, 0) is 18.6 Å². The van der Waals surface area contributed by atoms with E-state index in [1.807, 2.05) is 40.6 Å². The zero-order valence-electron chi connectivity index (χ0n) is 16.9. The molecule has 156 valence electrons. The number of fused-ring (bicyclic) bond motifs is 1. The van der Waals surface area contributed by atoms with Gasteiger partial charge in [0.15, 0.2) is 5.13 Å². The van der Waals surface area contributed by atoms with Crippen molar-refractivity contribution in [3.05, 3.63) is 71.1 Å². The minimum atomic E-state index is -0.212. The number of carbonyl (C=O) groups is 2. The number of nitrogens with one attached hydrogen (secondary N) is 1. The molecule has 31 heavy (non-hydrogen) atoms. The summed E-state index contributed by atoms with van der Waals surface area (Å²) in [5.41, 5.74) is 2.73. The van der Waals surface area contributed by atoms with Crippen molar-refractivity contribution >= 4 is 39.2 Å². The molecule has 0 saturated carbocycles. The largest absolute Gasteiger partial charge is 0.338 e. The third-order valence-electron chi connectivity index (χ3n) is 5.48. The van der Waals surface area contributed by atoms with Crippen LogP contribution in [0.5, 0.6) is 0 Å². The minimum absolute atomic E-state index is 0.0295. The molecule has 1 aromatic carbocycles. The Balaban J connectivity index is 1.43. The summed E-state index contributed by atoms with van der Waals surface area (Å²) in [6, 6.07) is 9.47. The van der Waals surface area contributed by atoms with Crippen LogP contribution >= 0.6 is 11.3 Å². The third-order valence-corrected chi connectivity index (χ3v) is 6.17. The van der Waals surface area contributed by atoms with Gasteiger partial charge in [0, 0.05) is 54.9 Å². The fourth-order valence-corrected chi connectivity index (χ4v) is 4.47. The van der Waals surface area contributed by atoms with Crippen LogP contribution in [-0.4, -0.2) is 49.6 Å². The molecule has 2 amide bonds. The maximum absolute atomic E-state index is 13.0. The molecular formula is C22H20N6O2S. The van der Waals surface area contributed by atoms with E-state index < -0.39 is 0 Å². The Kier molecular flexibility index (Phi) is 4.95. The van der Waals surface area contributed by atoms with Crippen molar-refractivity contribution in [2.75, 3.05) is 18.4 Å². The molecule has 4 aromatic rings. The smallest absolute Gasteiger partial charge is 0.258 e. The van der Waals surface area contributed by atoms with E-state index in [0.29, 0.717) is 29.3 Å². The van der Waals surface area contributed by atoms with Crippen molar-refractivity contribution in [3.63, 3.8) is 0 Å². The maximum Gasteiger partial charge on any atom is 0.258 e. The van der Waals surface area contributed by atoms with Crippen molar-refractivity contribution in [1.29, 1.82) is 0 Å². The zero-order chi connectivity index (χ0) is 21.4. The molecular weight excluding hydrogens is 412 g/mol. The van der Waals surface area contributed by atoms with Crippen molar-refractivity contribution in [3.8, 4) is 0 Å². The highest BCUT2D eigenvalue weighted by atomic mass is 32.1. The Bertz CT molecular complexity index is 1270. The number of hydrogen-bond acceptors (Lipinski definition) is 6. The number of benzene rings is 1. The Morgan fingerprint density at radius 3 is 2.90 bits per heavy atom. The summed E-state index contributed by atoms with van der Waals surface area (Å²) in [5.74, 6) is -0.175. The number of pyridine rings is 1. The number of rotatable bonds is 4. The number of aromatic nitrogens is 4. The summed E-state index contributed by atoms with van der Waals surface area (Å²) in [5, 5.41) is 10.1. The molecule has 9 heteroatoms. The SMILES string of the molecule is Cn1cc(C(=O)N2CC[C@H](c3cc(C(=O)Nc4nccs4)c4ccccc4n3)C2)cn1. The van der Waals surface area contributed by atoms with E-state index >= 15 is 0 Å². The molecule has 1 aliphatic heterocycles. The molecule has 0 bridgehead atoms. The first-order valence-electron chi connectivity index (χ1n) is 9.97.